The highest BCUT2D eigenvalue weighted by molar-refractivity contribution is 9.10. The number of halogens is 2. The largest absolute Gasteiger partial charge is 1.00 e. The van der Waals surface area contributed by atoms with Crippen molar-refractivity contribution in [2.45, 2.75) is 13.2 Å². The van der Waals surface area contributed by atoms with E-state index in [1.807, 2.05) is 48.5 Å². The molecule has 154 valence electrons. The summed E-state index contributed by atoms with van der Waals surface area (Å²) in [5.74, 6) is 0.361. The van der Waals surface area contributed by atoms with Crippen molar-refractivity contribution in [2.24, 2.45) is 0 Å². The molecular formula is C19H20BrClN5O3-. The Morgan fingerprint density at radius 2 is 1.93 bits per heavy atom. The Kier molecular flexibility index (Phi) is 8.91. The minimum atomic E-state index is -0.421. The van der Waals surface area contributed by atoms with Gasteiger partial charge in [-0.05, 0) is 34.1 Å². The summed E-state index contributed by atoms with van der Waals surface area (Å²) in [4.78, 5) is 11.9. The van der Waals surface area contributed by atoms with Crippen LogP contribution in [0.3, 0.4) is 0 Å². The summed E-state index contributed by atoms with van der Waals surface area (Å²) in [6.45, 7) is 2.05. The van der Waals surface area contributed by atoms with Gasteiger partial charge in [-0.2, -0.15) is 0 Å². The number of nitrogens with one attached hydrogen (secondary N) is 2. The van der Waals surface area contributed by atoms with Crippen LogP contribution in [0.2, 0.25) is 0 Å². The molecule has 0 atom stereocenters. The zero-order chi connectivity index (χ0) is 19.8. The first-order valence-electron chi connectivity index (χ1n) is 8.65. The minimum Gasteiger partial charge on any atom is -1.00 e. The van der Waals surface area contributed by atoms with Crippen molar-refractivity contribution in [1.29, 1.82) is 0 Å². The molecule has 3 rings (SSSR count). The third kappa shape index (κ3) is 6.74. The van der Waals surface area contributed by atoms with Crippen LogP contribution in [0.15, 0.2) is 57.6 Å². The normalized spacial score (nSPS) is 10.2. The Hall–Kier alpha value is -2.62. The second kappa shape index (κ2) is 11.4. The molecule has 0 fully saturated rings. The molecule has 0 aliphatic rings. The lowest BCUT2D eigenvalue weighted by atomic mass is 10.2. The quantitative estimate of drug-likeness (QED) is 0.354. The lowest BCUT2D eigenvalue weighted by Gasteiger charge is -2.13. The van der Waals surface area contributed by atoms with Gasteiger partial charge in [-0.15, -0.1) is 0 Å². The molecule has 0 radical (unpaired) electrons. The Labute approximate surface area is 182 Å². The van der Waals surface area contributed by atoms with E-state index in [-0.39, 0.29) is 23.9 Å². The summed E-state index contributed by atoms with van der Waals surface area (Å²) in [6.07, 6.45) is 0. The molecule has 0 saturated heterocycles. The number of nitrogens with two attached hydrogens (primary N) is 1. The third-order valence-corrected chi connectivity index (χ3v) is 4.38. The number of hydrogen-bond acceptors (Lipinski definition) is 7. The highest BCUT2D eigenvalue weighted by Gasteiger charge is 2.14. The number of aromatic nitrogens is 2. The Morgan fingerprint density at radius 1 is 1.14 bits per heavy atom. The van der Waals surface area contributed by atoms with E-state index in [0.29, 0.717) is 26.2 Å². The maximum atomic E-state index is 11.9. The SMILES string of the molecule is Nc1nonc1C(=O)NCCNCc1cc(Br)ccc1OCc1ccccc1.[Cl-]. The summed E-state index contributed by atoms with van der Waals surface area (Å²) in [6, 6.07) is 15.9. The molecule has 0 unspecified atom stereocenters. The summed E-state index contributed by atoms with van der Waals surface area (Å²) in [5.41, 5.74) is 7.60. The van der Waals surface area contributed by atoms with Gasteiger partial charge in [0.2, 0.25) is 11.5 Å². The number of benzene rings is 2. The van der Waals surface area contributed by atoms with Crippen LogP contribution < -0.4 is 33.5 Å². The van der Waals surface area contributed by atoms with Crippen molar-refractivity contribution in [3.63, 3.8) is 0 Å². The fourth-order valence-corrected chi connectivity index (χ4v) is 2.89. The van der Waals surface area contributed by atoms with Crippen LogP contribution in [0.4, 0.5) is 5.82 Å². The van der Waals surface area contributed by atoms with Crippen molar-refractivity contribution in [3.05, 3.63) is 69.8 Å². The Morgan fingerprint density at radius 3 is 2.66 bits per heavy atom. The number of ether oxygens (including phenoxy) is 1. The molecule has 8 nitrogen and oxygen atoms in total. The molecule has 10 heteroatoms. The number of carbonyl (C=O) groups is 1. The zero-order valence-electron chi connectivity index (χ0n) is 15.4. The van der Waals surface area contributed by atoms with Gasteiger partial charge in [-0.3, -0.25) is 4.79 Å². The first-order valence-corrected chi connectivity index (χ1v) is 9.45. The lowest BCUT2D eigenvalue weighted by molar-refractivity contribution is -0.0000148. The first-order chi connectivity index (χ1) is 13.6. The van der Waals surface area contributed by atoms with E-state index in [0.717, 1.165) is 21.3 Å². The summed E-state index contributed by atoms with van der Waals surface area (Å²) in [7, 11) is 0. The highest BCUT2D eigenvalue weighted by atomic mass is 79.9. The Balaban J connectivity index is 0.00000300. The summed E-state index contributed by atoms with van der Waals surface area (Å²) >= 11 is 3.49. The summed E-state index contributed by atoms with van der Waals surface area (Å²) < 4.78 is 11.3. The monoisotopic (exact) mass is 480 g/mol. The van der Waals surface area contributed by atoms with E-state index in [4.69, 9.17) is 10.5 Å². The van der Waals surface area contributed by atoms with Crippen LogP contribution in [0.5, 0.6) is 5.75 Å². The number of amides is 1. The lowest BCUT2D eigenvalue weighted by Crippen LogP contribution is -3.00. The van der Waals surface area contributed by atoms with E-state index in [9.17, 15) is 4.79 Å². The maximum Gasteiger partial charge on any atom is 0.277 e. The summed E-state index contributed by atoms with van der Waals surface area (Å²) in [5, 5.41) is 12.8. The van der Waals surface area contributed by atoms with Crippen molar-refractivity contribution < 1.29 is 26.6 Å². The van der Waals surface area contributed by atoms with E-state index < -0.39 is 5.91 Å². The van der Waals surface area contributed by atoms with Gasteiger partial charge >= 0.3 is 0 Å². The molecule has 1 heterocycles. The average Bonchev–Trinajstić information content (AvgIpc) is 3.14. The fraction of sp³-hybridized carbons (Fsp3) is 0.211. The number of hydrogen-bond donors (Lipinski definition) is 3. The highest BCUT2D eigenvalue weighted by Crippen LogP contribution is 2.24. The number of anilines is 1. The van der Waals surface area contributed by atoms with Crippen molar-refractivity contribution in [2.75, 3.05) is 18.8 Å². The second-order valence-electron chi connectivity index (χ2n) is 5.96. The molecule has 0 aliphatic heterocycles. The van der Waals surface area contributed by atoms with Crippen molar-refractivity contribution in [3.8, 4) is 5.75 Å². The van der Waals surface area contributed by atoms with Crippen LogP contribution in [-0.2, 0) is 13.2 Å². The predicted octanol–water partition coefficient (Wildman–Crippen LogP) is -0.483. The predicted molar refractivity (Wildman–Crippen MR) is 108 cm³/mol. The molecule has 0 aliphatic carbocycles. The molecule has 3 aromatic rings. The van der Waals surface area contributed by atoms with Gasteiger partial charge in [0.25, 0.3) is 5.91 Å². The molecule has 4 N–H and O–H groups in total. The van der Waals surface area contributed by atoms with Gasteiger partial charge in [-0.1, -0.05) is 46.3 Å². The van der Waals surface area contributed by atoms with E-state index in [2.05, 4.69) is 41.5 Å². The topological polar surface area (TPSA) is 115 Å². The third-order valence-electron chi connectivity index (χ3n) is 3.89. The smallest absolute Gasteiger partial charge is 0.277 e. The van der Waals surface area contributed by atoms with Gasteiger partial charge in [0.15, 0.2) is 0 Å². The number of nitrogen functional groups attached to an aromatic ring is 1. The van der Waals surface area contributed by atoms with E-state index in [1.54, 1.807) is 0 Å². The minimum absolute atomic E-state index is 0. The second-order valence-corrected chi connectivity index (χ2v) is 6.87. The van der Waals surface area contributed by atoms with Crippen molar-refractivity contribution >= 4 is 27.7 Å². The van der Waals surface area contributed by atoms with Crippen LogP contribution in [-0.4, -0.2) is 29.3 Å². The van der Waals surface area contributed by atoms with Gasteiger partial charge in [0.05, 0.1) is 0 Å². The Bertz CT molecular complexity index is 923. The molecular weight excluding hydrogens is 462 g/mol. The molecule has 0 saturated carbocycles. The fourth-order valence-electron chi connectivity index (χ4n) is 2.49. The van der Waals surface area contributed by atoms with Crippen LogP contribution in [0.25, 0.3) is 0 Å². The molecule has 0 spiro atoms. The van der Waals surface area contributed by atoms with E-state index >= 15 is 0 Å². The van der Waals surface area contributed by atoms with Gasteiger partial charge in [-0.25, -0.2) is 4.63 Å². The average molecular weight is 482 g/mol. The van der Waals surface area contributed by atoms with Crippen LogP contribution in [0.1, 0.15) is 21.6 Å². The number of nitrogens with zero attached hydrogens (tertiary/aromatic N) is 2. The standard InChI is InChI=1S/C19H20BrN5O3.ClH/c20-15-6-7-16(27-12-13-4-2-1-3-5-13)14(10-15)11-22-8-9-23-19(26)17-18(21)25-28-24-17;/h1-7,10,22H,8-9,11-12H2,(H2,21,25)(H,23,26);1H/p-1. The van der Waals surface area contributed by atoms with Gasteiger partial charge < -0.3 is 33.5 Å². The molecule has 2 aromatic carbocycles. The first kappa shape index (κ1) is 22.7. The van der Waals surface area contributed by atoms with Gasteiger partial charge in [0, 0.05) is 29.7 Å². The molecule has 29 heavy (non-hydrogen) atoms. The van der Waals surface area contributed by atoms with E-state index in [1.165, 1.54) is 0 Å². The van der Waals surface area contributed by atoms with Crippen molar-refractivity contribution in [1.82, 2.24) is 20.9 Å². The number of carbonyl (C=O) groups excluding carboxylic acids is 1. The molecule has 0 bridgehead atoms. The van der Waals surface area contributed by atoms with Crippen LogP contribution >= 0.6 is 15.9 Å². The molecule has 1 aromatic heterocycles. The number of rotatable bonds is 9. The zero-order valence-corrected chi connectivity index (χ0v) is 17.7. The molecule has 1 amide bonds. The van der Waals surface area contributed by atoms with Crippen LogP contribution in [0, 0.1) is 0 Å². The van der Waals surface area contributed by atoms with Gasteiger partial charge in [0.1, 0.15) is 12.4 Å². The maximum absolute atomic E-state index is 11.9.